The van der Waals surface area contributed by atoms with Crippen molar-refractivity contribution >= 4 is 145 Å². The molecule has 382 valence electrons. The van der Waals surface area contributed by atoms with E-state index in [1.807, 2.05) is 89.2 Å². The van der Waals surface area contributed by atoms with Crippen LogP contribution in [0.25, 0.3) is 56.2 Å². The zero-order valence-electron chi connectivity index (χ0n) is 41.5. The summed E-state index contributed by atoms with van der Waals surface area (Å²) in [6.45, 7) is 9.31. The number of aliphatic carboxylic acids is 1. The third-order valence-corrected chi connectivity index (χ3v) is 12.2. The Morgan fingerprint density at radius 2 is 1.25 bits per heavy atom. The minimum atomic E-state index is -1.36. The molecule has 2 N–H and O–H groups in total. The van der Waals surface area contributed by atoms with Crippen molar-refractivity contribution in [2.24, 2.45) is 0 Å². The molecule has 0 radical (unpaired) electrons. The summed E-state index contributed by atoms with van der Waals surface area (Å²) in [6, 6.07) is 28.8. The summed E-state index contributed by atoms with van der Waals surface area (Å²) in [4.78, 5) is 33.1. The number of esters is 1. The number of hydrogen-bond acceptors (Lipinski definition) is 10. The van der Waals surface area contributed by atoms with E-state index >= 15 is 0 Å². The quantitative estimate of drug-likeness (QED) is 0.0613. The van der Waals surface area contributed by atoms with Crippen molar-refractivity contribution in [3.05, 3.63) is 143 Å². The van der Waals surface area contributed by atoms with Crippen LogP contribution in [0.3, 0.4) is 0 Å². The molecule has 1 saturated heterocycles. The fourth-order valence-electron chi connectivity index (χ4n) is 9.02. The van der Waals surface area contributed by atoms with Gasteiger partial charge in [0.05, 0.1) is 53.3 Å². The Morgan fingerprint density at radius 3 is 1.70 bits per heavy atom. The molecule has 4 aromatic carbocycles. The normalized spacial score (nSPS) is 18.1. The maximum absolute atomic E-state index is 13.8. The molecule has 0 spiro atoms. The van der Waals surface area contributed by atoms with Gasteiger partial charge in [-0.15, -0.1) is 24.0 Å². The molecule has 6 aromatic rings. The van der Waals surface area contributed by atoms with Crippen LogP contribution in [-0.2, 0) is 23.8 Å². The van der Waals surface area contributed by atoms with Crippen molar-refractivity contribution in [1.82, 2.24) is 9.97 Å². The van der Waals surface area contributed by atoms with Gasteiger partial charge in [-0.05, 0) is 108 Å². The maximum Gasteiger partial charge on any atom is 2.00 e. The van der Waals surface area contributed by atoms with Crippen molar-refractivity contribution in [2.45, 2.75) is 134 Å². The van der Waals surface area contributed by atoms with Crippen LogP contribution in [0.5, 0.6) is 0 Å². The van der Waals surface area contributed by atoms with Crippen LogP contribution in [0.2, 0.25) is 0 Å². The zero-order valence-corrected chi connectivity index (χ0v) is 50.4. The van der Waals surface area contributed by atoms with Crippen LogP contribution in [0.15, 0.2) is 109 Å². The molecule has 2 aliphatic carbocycles. The molecule has 1 aliphatic heterocycles. The van der Waals surface area contributed by atoms with Gasteiger partial charge >= 0.3 is 43.7 Å². The minimum Gasteiger partial charge on any atom is -0.550 e. The predicted octanol–water partition coefficient (Wildman–Crippen LogP) is 12.8. The molecule has 2 saturated carbocycles. The van der Waals surface area contributed by atoms with Gasteiger partial charge in [-0.1, -0.05) is 85.0 Å². The summed E-state index contributed by atoms with van der Waals surface area (Å²) in [7, 11) is 0. The first kappa shape index (κ1) is 61.1. The number of carbonyl (C=O) groups is 2. The first-order chi connectivity index (χ1) is 33.9. The fourth-order valence-corrected chi connectivity index (χ4v) is 9.02. The summed E-state index contributed by atoms with van der Waals surface area (Å²) in [5.41, 5.74) is 8.86. The van der Waals surface area contributed by atoms with Crippen LogP contribution < -0.4 is 5.11 Å². The number of halogens is 5. The topological polar surface area (TPSA) is 151 Å². The Bertz CT molecular complexity index is 2890. The average Bonchev–Trinajstić information content (AvgIpc) is 4.25. The molecule has 0 unspecified atom stereocenters. The molecule has 4 atom stereocenters. The second-order valence-corrected chi connectivity index (χ2v) is 19.7. The number of aliphatic hydroxyl groups is 2. The Labute approximate surface area is 496 Å². The molecule has 73 heavy (non-hydrogen) atoms. The molecule has 2 aromatic heterocycles. The fraction of sp³-hybridized carbons (Fsp3) is 0.368. The Kier molecular flexibility index (Phi) is 23.1. The number of carboxylic acids is 1. The number of aromatic nitrogens is 2. The van der Waals surface area contributed by atoms with Gasteiger partial charge in [0.15, 0.2) is 5.79 Å². The van der Waals surface area contributed by atoms with Crippen molar-refractivity contribution in [1.29, 1.82) is 0 Å². The van der Waals surface area contributed by atoms with E-state index in [1.165, 1.54) is 24.3 Å². The second-order valence-electron chi connectivity index (χ2n) is 19.7. The van der Waals surface area contributed by atoms with Crippen molar-refractivity contribution < 1.29 is 47.9 Å². The average molecular weight is 1360 g/mol. The standard InChI is InChI=1S/C32H36FNO4.C25H24FNO4.Ca.I2.HI/c1-31(2,3)38-28(35)19-24-18-23(36-32(4,5)37-24)16-17-26-29(20-12-14-22(33)15-13-20)25-8-6-7-9-27(25)34-30(26)21-10-11-21;26-17-9-7-15(8-10-17)24-20-3-1-2-4-22(20)27-25(16-5-6-16)21(24)12-11-18(28)13-19(29)14-23(30)31;;1-2;/h6-9,12-17,21,23-24H,10-11,18-19H2,1-5H3;1-4,7-12,16,18-19,28-29H,5-6,13-14H2,(H,30,31);;;1H/q;;+2;;/p-1/b17-16+;12-11+;;;/t23-,24-;18-,19-;;;/m11.../s1. The Hall–Kier alpha value is -2.73. The first-order valence-electron chi connectivity index (χ1n) is 23.9. The molecular formula is C57H60CaF2I3N2O8+. The summed E-state index contributed by atoms with van der Waals surface area (Å²) >= 11 is 4.24. The number of ether oxygens (including phenoxy) is 3. The van der Waals surface area contributed by atoms with Crippen molar-refractivity contribution in [3.63, 3.8) is 0 Å². The largest absolute Gasteiger partial charge is 2.00 e. The minimum absolute atomic E-state index is 0. The molecule has 0 bridgehead atoms. The van der Waals surface area contributed by atoms with Crippen molar-refractivity contribution in [2.75, 3.05) is 0 Å². The molecule has 3 fully saturated rings. The third kappa shape index (κ3) is 17.4. The number of rotatable bonds is 14. The van der Waals surface area contributed by atoms with E-state index < -0.39 is 36.0 Å². The second kappa shape index (κ2) is 27.5. The van der Waals surface area contributed by atoms with Gasteiger partial charge in [-0.25, -0.2) is 8.78 Å². The number of benzene rings is 4. The zero-order chi connectivity index (χ0) is 51.0. The molecule has 10 nitrogen and oxygen atoms in total. The predicted molar refractivity (Wildman–Crippen MR) is 311 cm³/mol. The molecule has 9 rings (SSSR count). The van der Waals surface area contributed by atoms with Gasteiger partial charge in [-0.3, -0.25) is 14.8 Å². The molecule has 3 aliphatic rings. The first-order valence-corrected chi connectivity index (χ1v) is 30.2. The molecular weight excluding hydrogens is 1300 g/mol. The SMILES string of the molecule is CC(C)(C)OC(=O)C[C@H]1C[C@@H](/C=C/c2c(C3CC3)nc3ccccc3c2-c2ccc(F)cc2)OC(C)(C)O1.I.II.O=C([O-])C[C@H](O)C[C@H](O)/C=C/c1c(C2CC2)nc2ccccc2c1-c1ccc(F)cc1.[Ca+2]. The van der Waals surface area contributed by atoms with E-state index in [0.29, 0.717) is 18.3 Å². The number of fused-ring (bicyclic) bond motifs is 2. The number of carbonyl (C=O) groups excluding carboxylic acids is 2. The van der Waals surface area contributed by atoms with Crippen LogP contribution in [-0.4, -0.2) is 106 Å². The summed E-state index contributed by atoms with van der Waals surface area (Å²) in [5.74, 6) is -2.34. The molecule has 3 heterocycles. The van der Waals surface area contributed by atoms with Crippen LogP contribution in [0.1, 0.15) is 120 Å². The Morgan fingerprint density at radius 1 is 0.781 bits per heavy atom. The number of pyridine rings is 2. The van der Waals surface area contributed by atoms with Crippen LogP contribution in [0.4, 0.5) is 8.78 Å². The van der Waals surface area contributed by atoms with Gasteiger partial charge in [0, 0.05) is 107 Å². The van der Waals surface area contributed by atoms with E-state index in [2.05, 4.69) is 55.5 Å². The van der Waals surface area contributed by atoms with E-state index in [0.717, 1.165) is 92.3 Å². The summed E-state index contributed by atoms with van der Waals surface area (Å²) in [6.07, 6.45) is 8.99. The number of carboxylic acid groups (broad SMARTS) is 1. The van der Waals surface area contributed by atoms with Gasteiger partial charge < -0.3 is 34.3 Å². The number of nitrogens with zero attached hydrogens (tertiary/aromatic N) is 2. The summed E-state index contributed by atoms with van der Waals surface area (Å²) in [5, 5.41) is 32.7. The van der Waals surface area contributed by atoms with E-state index in [9.17, 15) is 33.7 Å². The smallest absolute Gasteiger partial charge is 0.550 e. The van der Waals surface area contributed by atoms with E-state index in [4.69, 9.17) is 24.2 Å². The third-order valence-electron chi connectivity index (χ3n) is 12.2. The van der Waals surface area contributed by atoms with Gasteiger partial charge in [-0.2, -0.15) is 0 Å². The maximum atomic E-state index is 13.8. The molecule has 0 amide bonds. The number of hydrogen-bond donors (Lipinski definition) is 2. The molecule has 16 heteroatoms. The van der Waals surface area contributed by atoms with Gasteiger partial charge in [0.2, 0.25) is 0 Å². The van der Waals surface area contributed by atoms with Gasteiger partial charge in [0.1, 0.15) is 17.2 Å². The van der Waals surface area contributed by atoms with Gasteiger partial charge in [0.25, 0.3) is 0 Å². The van der Waals surface area contributed by atoms with E-state index in [1.54, 1.807) is 24.3 Å². The van der Waals surface area contributed by atoms with E-state index in [-0.39, 0.29) is 104 Å². The van der Waals surface area contributed by atoms with Crippen LogP contribution >= 0.6 is 61.2 Å². The number of para-hydroxylation sites is 2. The van der Waals surface area contributed by atoms with Crippen LogP contribution in [0, 0.1) is 11.6 Å². The number of aliphatic hydroxyl groups excluding tert-OH is 2. The summed E-state index contributed by atoms with van der Waals surface area (Å²) < 4.78 is 45.2. The monoisotopic (exact) mass is 1360 g/mol. The van der Waals surface area contributed by atoms with Crippen molar-refractivity contribution in [3.8, 4) is 22.3 Å². The Balaban J connectivity index is 0.000000260.